The maximum atomic E-state index is 14.5. The van der Waals surface area contributed by atoms with Crippen LogP contribution in [0.5, 0.6) is 5.75 Å². The quantitative estimate of drug-likeness (QED) is 0.853. The number of methoxy groups -OCH3 is 1. The van der Waals surface area contributed by atoms with Crippen LogP contribution in [-0.2, 0) is 24.1 Å². The maximum absolute atomic E-state index is 14.5. The predicted octanol–water partition coefficient (Wildman–Crippen LogP) is 1.35. The van der Waals surface area contributed by atoms with Gasteiger partial charge < -0.3 is 14.4 Å². The van der Waals surface area contributed by atoms with Crippen molar-refractivity contribution in [2.75, 3.05) is 51.4 Å². The molecule has 0 radical (unpaired) electrons. The lowest BCUT2D eigenvalue weighted by atomic mass is 10.1. The Hall–Kier alpha value is -2.45. The fourth-order valence-electron chi connectivity index (χ4n) is 3.80. The van der Waals surface area contributed by atoms with Gasteiger partial charge in [0.15, 0.2) is 11.6 Å². The Kier molecular flexibility index (Phi) is 5.59. The molecular formula is C20H25FN4O3. The fraction of sp³-hybridized carbons (Fsp3) is 0.500. The smallest absolute Gasteiger partial charge is 0.255 e. The van der Waals surface area contributed by atoms with Crippen LogP contribution in [-0.4, -0.2) is 61.4 Å². The summed E-state index contributed by atoms with van der Waals surface area (Å²) in [6.07, 6.45) is 1.27. The number of H-pyrrole nitrogens is 1. The monoisotopic (exact) mass is 388 g/mol. The van der Waals surface area contributed by atoms with E-state index >= 15 is 0 Å². The van der Waals surface area contributed by atoms with E-state index in [1.54, 1.807) is 18.2 Å². The largest absolute Gasteiger partial charge is 0.494 e. The van der Waals surface area contributed by atoms with Crippen molar-refractivity contribution in [2.45, 2.75) is 19.4 Å². The number of halogens is 1. The van der Waals surface area contributed by atoms with E-state index in [2.05, 4.69) is 14.8 Å². The molecule has 3 heterocycles. The third-order valence-corrected chi connectivity index (χ3v) is 5.40. The van der Waals surface area contributed by atoms with Gasteiger partial charge in [-0.1, -0.05) is 12.1 Å². The molecule has 0 atom stereocenters. The average Bonchev–Trinajstić information content (AvgIpc) is 2.93. The molecule has 8 heteroatoms. The topological polar surface area (TPSA) is 70.7 Å². The first-order valence-electron chi connectivity index (χ1n) is 9.64. The molecule has 0 unspecified atom stereocenters. The minimum atomic E-state index is -0.322. The summed E-state index contributed by atoms with van der Waals surface area (Å²) in [5.74, 6) is 0.556. The molecule has 0 saturated carbocycles. The Bertz CT molecular complexity index is 896. The lowest BCUT2D eigenvalue weighted by molar-refractivity contribution is 0.122. The summed E-state index contributed by atoms with van der Waals surface area (Å²) < 4.78 is 24.9. The SMILES string of the molecule is COc1cccc(CN2CCc3nc(N4CCOCC4)[nH]c(=O)c3CC2)c1F. The molecule has 1 N–H and O–H groups in total. The van der Waals surface area contributed by atoms with Gasteiger partial charge in [0.2, 0.25) is 5.95 Å². The normalized spacial score (nSPS) is 17.9. The molecule has 1 aromatic carbocycles. The molecule has 0 spiro atoms. The Balaban J connectivity index is 1.50. The van der Waals surface area contributed by atoms with E-state index in [0.29, 0.717) is 50.7 Å². The Morgan fingerprint density at radius 3 is 2.79 bits per heavy atom. The average molecular weight is 388 g/mol. The number of hydrogen-bond acceptors (Lipinski definition) is 6. The summed E-state index contributed by atoms with van der Waals surface area (Å²) in [7, 11) is 1.47. The second-order valence-corrected chi connectivity index (χ2v) is 7.12. The van der Waals surface area contributed by atoms with Crippen molar-refractivity contribution in [1.82, 2.24) is 14.9 Å². The van der Waals surface area contributed by atoms with Gasteiger partial charge in [-0.15, -0.1) is 0 Å². The van der Waals surface area contributed by atoms with Crippen molar-refractivity contribution >= 4 is 5.95 Å². The van der Waals surface area contributed by atoms with Crippen molar-refractivity contribution in [1.29, 1.82) is 0 Å². The number of fused-ring (bicyclic) bond motifs is 1. The van der Waals surface area contributed by atoms with Crippen LogP contribution in [0.25, 0.3) is 0 Å². The molecule has 28 heavy (non-hydrogen) atoms. The van der Waals surface area contributed by atoms with Crippen LogP contribution >= 0.6 is 0 Å². The van der Waals surface area contributed by atoms with Gasteiger partial charge in [-0.05, 0) is 12.5 Å². The summed E-state index contributed by atoms with van der Waals surface area (Å²) in [4.78, 5) is 24.5. The highest BCUT2D eigenvalue weighted by molar-refractivity contribution is 5.35. The van der Waals surface area contributed by atoms with Crippen molar-refractivity contribution in [2.24, 2.45) is 0 Å². The number of benzene rings is 1. The highest BCUT2D eigenvalue weighted by Crippen LogP contribution is 2.22. The van der Waals surface area contributed by atoms with Crippen LogP contribution in [0.1, 0.15) is 16.8 Å². The number of anilines is 1. The van der Waals surface area contributed by atoms with Crippen LogP contribution in [0.4, 0.5) is 10.3 Å². The number of aromatic amines is 1. The summed E-state index contributed by atoms with van der Waals surface area (Å²) in [6, 6.07) is 5.19. The van der Waals surface area contributed by atoms with Crippen molar-refractivity contribution in [3.63, 3.8) is 0 Å². The molecule has 150 valence electrons. The van der Waals surface area contributed by atoms with Crippen LogP contribution in [0, 0.1) is 5.82 Å². The fourth-order valence-corrected chi connectivity index (χ4v) is 3.80. The van der Waals surface area contributed by atoms with Gasteiger partial charge in [0.1, 0.15) is 0 Å². The van der Waals surface area contributed by atoms with Gasteiger partial charge in [0.25, 0.3) is 5.56 Å². The summed E-state index contributed by atoms with van der Waals surface area (Å²) in [6.45, 7) is 4.62. The van der Waals surface area contributed by atoms with E-state index < -0.39 is 0 Å². The first kappa shape index (κ1) is 18.9. The molecule has 0 aliphatic carbocycles. The summed E-state index contributed by atoms with van der Waals surface area (Å²) >= 11 is 0. The van der Waals surface area contributed by atoms with Gasteiger partial charge in [0.05, 0.1) is 26.0 Å². The molecule has 1 saturated heterocycles. The summed E-state index contributed by atoms with van der Waals surface area (Å²) in [5.41, 5.74) is 2.12. The van der Waals surface area contributed by atoms with Crippen molar-refractivity contribution in [3.8, 4) is 5.75 Å². The molecule has 0 bridgehead atoms. The third kappa shape index (κ3) is 3.88. The van der Waals surface area contributed by atoms with Crippen LogP contribution in [0.3, 0.4) is 0 Å². The lowest BCUT2D eigenvalue weighted by Gasteiger charge is -2.27. The zero-order valence-corrected chi connectivity index (χ0v) is 16.0. The van der Waals surface area contributed by atoms with Gasteiger partial charge in [-0.25, -0.2) is 9.37 Å². The standard InChI is InChI=1S/C20H25FN4O3/c1-27-17-4-2-3-14(18(17)21)13-24-7-5-15-16(6-8-24)22-20(23-19(15)26)25-9-11-28-12-10-25/h2-4H,5-13H2,1H3,(H,22,23,26). The van der Waals surface area contributed by atoms with Crippen LogP contribution in [0.2, 0.25) is 0 Å². The number of aromatic nitrogens is 2. The van der Waals surface area contributed by atoms with E-state index in [1.165, 1.54) is 7.11 Å². The Morgan fingerprint density at radius 1 is 1.21 bits per heavy atom. The van der Waals surface area contributed by atoms with Gasteiger partial charge in [0, 0.05) is 50.3 Å². The molecular weight excluding hydrogens is 363 g/mol. The van der Waals surface area contributed by atoms with E-state index in [9.17, 15) is 9.18 Å². The van der Waals surface area contributed by atoms with Crippen LogP contribution in [0.15, 0.2) is 23.0 Å². The highest BCUT2D eigenvalue weighted by atomic mass is 19.1. The molecule has 4 rings (SSSR count). The Labute approximate surface area is 163 Å². The summed E-state index contributed by atoms with van der Waals surface area (Å²) in [5, 5.41) is 0. The molecule has 0 amide bonds. The van der Waals surface area contributed by atoms with Gasteiger partial charge >= 0.3 is 0 Å². The van der Waals surface area contributed by atoms with E-state index in [4.69, 9.17) is 14.5 Å². The molecule has 1 aromatic heterocycles. The zero-order chi connectivity index (χ0) is 19.5. The number of hydrogen-bond donors (Lipinski definition) is 1. The predicted molar refractivity (Wildman–Crippen MR) is 104 cm³/mol. The van der Waals surface area contributed by atoms with E-state index in [1.807, 2.05) is 0 Å². The minimum absolute atomic E-state index is 0.0686. The highest BCUT2D eigenvalue weighted by Gasteiger charge is 2.22. The first-order chi connectivity index (χ1) is 13.7. The molecule has 2 aromatic rings. The van der Waals surface area contributed by atoms with Gasteiger partial charge in [-0.3, -0.25) is 14.7 Å². The second kappa shape index (κ2) is 8.28. The molecule has 7 nitrogen and oxygen atoms in total. The number of nitrogens with zero attached hydrogens (tertiary/aromatic N) is 3. The van der Waals surface area contributed by atoms with Crippen molar-refractivity contribution in [3.05, 3.63) is 51.2 Å². The number of rotatable bonds is 4. The number of nitrogens with one attached hydrogen (secondary N) is 1. The third-order valence-electron chi connectivity index (χ3n) is 5.40. The lowest BCUT2D eigenvalue weighted by Crippen LogP contribution is -2.38. The molecule has 1 fully saturated rings. The Morgan fingerprint density at radius 2 is 2.00 bits per heavy atom. The zero-order valence-electron chi connectivity index (χ0n) is 16.0. The maximum Gasteiger partial charge on any atom is 0.255 e. The molecule has 2 aliphatic rings. The van der Waals surface area contributed by atoms with Crippen molar-refractivity contribution < 1.29 is 13.9 Å². The first-order valence-corrected chi connectivity index (χ1v) is 9.64. The second-order valence-electron chi connectivity index (χ2n) is 7.12. The van der Waals surface area contributed by atoms with Gasteiger partial charge in [-0.2, -0.15) is 0 Å². The number of ether oxygens (including phenoxy) is 2. The van der Waals surface area contributed by atoms with E-state index in [0.717, 1.165) is 30.9 Å². The van der Waals surface area contributed by atoms with Crippen LogP contribution < -0.4 is 15.2 Å². The molecule has 2 aliphatic heterocycles. The number of morpholine rings is 1. The van der Waals surface area contributed by atoms with E-state index in [-0.39, 0.29) is 17.1 Å². The minimum Gasteiger partial charge on any atom is -0.494 e.